The average molecular weight is 423 g/mol. The first kappa shape index (κ1) is 15.0. The molecule has 0 amide bonds. The zero-order chi connectivity index (χ0) is 14.9. The monoisotopic (exact) mass is 421 g/mol. The Hall–Kier alpha value is -1.39. The van der Waals surface area contributed by atoms with Crippen molar-refractivity contribution in [1.29, 1.82) is 0 Å². The van der Waals surface area contributed by atoms with E-state index in [1.807, 2.05) is 0 Å². The summed E-state index contributed by atoms with van der Waals surface area (Å²) in [5.74, 6) is -0.344. The standard InChI is InChI=1S/C10H5Br2N3O4S/c11-8-1-6(9(12)20-8)7(16)4-14-3-5(15(18)19)2-13-10(14)17/h1-3H,4H2. The van der Waals surface area contributed by atoms with Gasteiger partial charge in [0.2, 0.25) is 0 Å². The Labute approximate surface area is 132 Å². The molecular formula is C10H5Br2N3O4S. The van der Waals surface area contributed by atoms with Crippen LogP contribution >= 0.6 is 43.2 Å². The molecule has 0 spiro atoms. The van der Waals surface area contributed by atoms with Crippen molar-refractivity contribution in [2.75, 3.05) is 0 Å². The van der Waals surface area contributed by atoms with Crippen LogP contribution in [0.25, 0.3) is 0 Å². The van der Waals surface area contributed by atoms with Gasteiger partial charge >= 0.3 is 11.4 Å². The highest BCUT2D eigenvalue weighted by molar-refractivity contribution is 9.12. The van der Waals surface area contributed by atoms with Crippen molar-refractivity contribution in [1.82, 2.24) is 9.55 Å². The number of halogens is 2. The molecule has 0 aliphatic rings. The number of carbonyl (C=O) groups excluding carboxylic acids is 1. The Balaban J connectivity index is 2.32. The van der Waals surface area contributed by atoms with Crippen LogP contribution in [0.15, 0.2) is 30.8 Å². The number of nitrogens with zero attached hydrogens (tertiary/aromatic N) is 3. The fraction of sp³-hybridized carbons (Fsp3) is 0.100. The summed E-state index contributed by atoms with van der Waals surface area (Å²) < 4.78 is 2.30. The van der Waals surface area contributed by atoms with E-state index in [1.54, 1.807) is 6.07 Å². The maximum absolute atomic E-state index is 12.1. The van der Waals surface area contributed by atoms with Gasteiger partial charge in [-0.05, 0) is 37.9 Å². The summed E-state index contributed by atoms with van der Waals surface area (Å²) in [5, 5.41) is 10.6. The van der Waals surface area contributed by atoms with Crippen LogP contribution in [-0.4, -0.2) is 20.3 Å². The summed E-state index contributed by atoms with van der Waals surface area (Å²) in [6.07, 6.45) is 1.86. The number of nitro groups is 1. The molecule has 0 aromatic carbocycles. The smallest absolute Gasteiger partial charge is 0.292 e. The molecule has 2 heterocycles. The molecule has 2 aromatic heterocycles. The molecule has 0 aliphatic carbocycles. The third-order valence-electron chi connectivity index (χ3n) is 2.32. The molecule has 0 fully saturated rings. The van der Waals surface area contributed by atoms with Gasteiger partial charge in [-0.3, -0.25) is 19.5 Å². The Morgan fingerprint density at radius 2 is 2.20 bits per heavy atom. The van der Waals surface area contributed by atoms with E-state index >= 15 is 0 Å². The molecule has 0 unspecified atom stereocenters. The van der Waals surface area contributed by atoms with E-state index < -0.39 is 10.6 Å². The average Bonchev–Trinajstić information content (AvgIpc) is 2.71. The maximum Gasteiger partial charge on any atom is 0.348 e. The summed E-state index contributed by atoms with van der Waals surface area (Å²) in [4.78, 5) is 36.9. The minimum atomic E-state index is -0.714. The Morgan fingerprint density at radius 1 is 1.50 bits per heavy atom. The summed E-state index contributed by atoms with van der Waals surface area (Å²) in [6, 6.07) is 1.62. The first-order valence-electron chi connectivity index (χ1n) is 5.07. The fourth-order valence-corrected chi connectivity index (χ4v) is 4.28. The van der Waals surface area contributed by atoms with Gasteiger partial charge in [0.25, 0.3) is 0 Å². The van der Waals surface area contributed by atoms with E-state index in [-0.39, 0.29) is 18.0 Å². The number of Topliss-reactive ketones (excluding diaryl/α,β-unsaturated/α-hetero) is 1. The number of hydrogen-bond acceptors (Lipinski definition) is 6. The number of aromatic nitrogens is 2. The van der Waals surface area contributed by atoms with Gasteiger partial charge in [-0.2, -0.15) is 4.98 Å². The van der Waals surface area contributed by atoms with Gasteiger partial charge < -0.3 is 0 Å². The fourth-order valence-electron chi connectivity index (χ4n) is 1.42. The zero-order valence-electron chi connectivity index (χ0n) is 9.58. The van der Waals surface area contributed by atoms with Crippen molar-refractivity contribution in [2.45, 2.75) is 6.54 Å². The van der Waals surface area contributed by atoms with Crippen molar-refractivity contribution in [3.8, 4) is 0 Å². The van der Waals surface area contributed by atoms with E-state index in [0.717, 1.165) is 20.7 Å². The van der Waals surface area contributed by atoms with Crippen LogP contribution < -0.4 is 5.69 Å². The third-order valence-corrected chi connectivity index (χ3v) is 4.66. The maximum atomic E-state index is 12.1. The van der Waals surface area contributed by atoms with Crippen molar-refractivity contribution < 1.29 is 9.72 Å². The zero-order valence-corrected chi connectivity index (χ0v) is 13.6. The van der Waals surface area contributed by atoms with Crippen LogP contribution in [0, 0.1) is 10.1 Å². The third kappa shape index (κ3) is 3.19. The van der Waals surface area contributed by atoms with E-state index in [2.05, 4.69) is 36.8 Å². The number of hydrogen-bond donors (Lipinski definition) is 0. The molecule has 0 saturated carbocycles. The van der Waals surface area contributed by atoms with E-state index in [0.29, 0.717) is 9.35 Å². The molecule has 7 nitrogen and oxygen atoms in total. The lowest BCUT2D eigenvalue weighted by atomic mass is 10.2. The van der Waals surface area contributed by atoms with E-state index in [4.69, 9.17) is 0 Å². The molecule has 0 N–H and O–H groups in total. The number of carbonyl (C=O) groups is 1. The van der Waals surface area contributed by atoms with E-state index in [1.165, 1.54) is 11.3 Å². The van der Waals surface area contributed by atoms with Gasteiger partial charge in [-0.15, -0.1) is 11.3 Å². The van der Waals surface area contributed by atoms with Gasteiger partial charge in [0.05, 0.1) is 25.2 Å². The number of ketones is 1. The molecule has 0 saturated heterocycles. The highest BCUT2D eigenvalue weighted by atomic mass is 79.9. The molecule has 20 heavy (non-hydrogen) atoms. The van der Waals surface area contributed by atoms with Crippen LogP contribution in [0.5, 0.6) is 0 Å². The predicted molar refractivity (Wildman–Crippen MR) is 79.2 cm³/mol. The van der Waals surface area contributed by atoms with Crippen LogP contribution in [-0.2, 0) is 6.54 Å². The Morgan fingerprint density at radius 3 is 2.75 bits per heavy atom. The van der Waals surface area contributed by atoms with Crippen LogP contribution in [0.2, 0.25) is 0 Å². The van der Waals surface area contributed by atoms with Gasteiger partial charge in [0.1, 0.15) is 6.20 Å². The molecule has 10 heteroatoms. The minimum Gasteiger partial charge on any atom is -0.292 e. The largest absolute Gasteiger partial charge is 0.348 e. The molecule has 0 bridgehead atoms. The van der Waals surface area contributed by atoms with Crippen molar-refractivity contribution in [3.05, 3.63) is 52.2 Å². The molecular weight excluding hydrogens is 418 g/mol. The second-order valence-electron chi connectivity index (χ2n) is 3.64. The first-order valence-corrected chi connectivity index (χ1v) is 7.47. The van der Waals surface area contributed by atoms with Crippen molar-refractivity contribution in [2.24, 2.45) is 0 Å². The second kappa shape index (κ2) is 5.94. The number of thiophene rings is 1. The highest BCUT2D eigenvalue weighted by Gasteiger charge is 2.16. The van der Waals surface area contributed by atoms with Crippen molar-refractivity contribution >= 4 is 54.7 Å². The normalized spacial score (nSPS) is 10.5. The van der Waals surface area contributed by atoms with Gasteiger partial charge in [-0.25, -0.2) is 4.79 Å². The lowest BCUT2D eigenvalue weighted by Crippen LogP contribution is -2.26. The lowest BCUT2D eigenvalue weighted by molar-refractivity contribution is -0.385. The summed E-state index contributed by atoms with van der Waals surface area (Å²) in [7, 11) is 0. The van der Waals surface area contributed by atoms with E-state index in [9.17, 15) is 19.7 Å². The molecule has 104 valence electrons. The van der Waals surface area contributed by atoms with Gasteiger partial charge in [-0.1, -0.05) is 0 Å². The quantitative estimate of drug-likeness (QED) is 0.428. The second-order valence-corrected chi connectivity index (χ2v) is 7.39. The summed E-state index contributed by atoms with van der Waals surface area (Å²) in [5.41, 5.74) is -0.655. The van der Waals surface area contributed by atoms with Gasteiger partial charge in [0, 0.05) is 5.56 Å². The Bertz CT molecular complexity index is 755. The van der Waals surface area contributed by atoms with Crippen LogP contribution in [0.3, 0.4) is 0 Å². The molecule has 0 aliphatic heterocycles. The first-order chi connectivity index (χ1) is 9.38. The molecule has 0 atom stereocenters. The molecule has 2 aromatic rings. The Kier molecular flexibility index (Phi) is 4.45. The van der Waals surface area contributed by atoms with Crippen LogP contribution in [0.1, 0.15) is 10.4 Å². The SMILES string of the molecule is O=C(Cn1cc([N+](=O)[O-])cnc1=O)c1cc(Br)sc1Br. The molecule has 0 radical (unpaired) electrons. The highest BCUT2D eigenvalue weighted by Crippen LogP contribution is 2.32. The predicted octanol–water partition coefficient (Wildman–Crippen LogP) is 2.62. The summed E-state index contributed by atoms with van der Waals surface area (Å²) in [6.45, 7) is -0.310. The van der Waals surface area contributed by atoms with Crippen LogP contribution in [0.4, 0.5) is 5.69 Å². The molecule has 2 rings (SSSR count). The minimum absolute atomic E-state index is 0.310. The number of rotatable bonds is 4. The lowest BCUT2D eigenvalue weighted by Gasteiger charge is -2.03. The topological polar surface area (TPSA) is 95.1 Å². The van der Waals surface area contributed by atoms with Crippen molar-refractivity contribution in [3.63, 3.8) is 0 Å². The van der Waals surface area contributed by atoms with Gasteiger partial charge in [0.15, 0.2) is 5.78 Å². The summed E-state index contributed by atoms with van der Waals surface area (Å²) >= 11 is 7.81.